The molecule has 0 atom stereocenters. The first-order valence-corrected chi connectivity index (χ1v) is 10.4. The average Bonchev–Trinajstić information content (AvgIpc) is 2.89. The van der Waals surface area contributed by atoms with Crippen molar-refractivity contribution < 1.29 is 14.3 Å². The Morgan fingerprint density at radius 1 is 0.667 bits per heavy atom. The SMILES string of the molecule is O=Cc1ccc(OC(=O)c2ccc3nc(-c4ccccc4)c(-c4ccccc4)nc3c2)cc1. The van der Waals surface area contributed by atoms with Crippen molar-refractivity contribution in [3.8, 4) is 28.3 Å². The quantitative estimate of drug-likeness (QED) is 0.194. The number of fused-ring (bicyclic) bond motifs is 1. The summed E-state index contributed by atoms with van der Waals surface area (Å²) in [5, 5.41) is 0. The molecule has 1 aromatic heterocycles. The maximum Gasteiger partial charge on any atom is 0.343 e. The first-order valence-electron chi connectivity index (χ1n) is 10.4. The standard InChI is InChI=1S/C28H18N2O3/c31-18-19-11-14-23(15-12-19)33-28(32)22-13-16-24-25(17-22)30-27(21-9-5-2-6-10-21)26(29-24)20-7-3-1-4-8-20/h1-18H. The number of ether oxygens (including phenoxy) is 1. The third kappa shape index (κ3) is 4.25. The number of aldehydes is 1. The highest BCUT2D eigenvalue weighted by atomic mass is 16.5. The maximum absolute atomic E-state index is 12.7. The number of nitrogens with zero attached hydrogens (tertiary/aromatic N) is 2. The van der Waals surface area contributed by atoms with Crippen LogP contribution < -0.4 is 4.74 Å². The molecule has 5 rings (SSSR count). The van der Waals surface area contributed by atoms with Crippen molar-refractivity contribution in [3.05, 3.63) is 114 Å². The first-order chi connectivity index (χ1) is 16.2. The highest BCUT2D eigenvalue weighted by Crippen LogP contribution is 2.31. The van der Waals surface area contributed by atoms with Crippen LogP contribution in [0.25, 0.3) is 33.5 Å². The van der Waals surface area contributed by atoms with Gasteiger partial charge in [0.1, 0.15) is 12.0 Å². The molecule has 0 N–H and O–H groups in total. The molecule has 158 valence electrons. The summed E-state index contributed by atoms with van der Waals surface area (Å²) in [5.41, 5.74) is 5.58. The summed E-state index contributed by atoms with van der Waals surface area (Å²) in [4.78, 5) is 33.3. The van der Waals surface area contributed by atoms with E-state index in [0.29, 0.717) is 27.9 Å². The zero-order chi connectivity index (χ0) is 22.6. The third-order valence-corrected chi connectivity index (χ3v) is 5.22. The Kier molecular flexibility index (Phi) is 5.43. The van der Waals surface area contributed by atoms with Crippen molar-refractivity contribution in [2.45, 2.75) is 0 Å². The Labute approximate surface area is 190 Å². The Morgan fingerprint density at radius 3 is 1.82 bits per heavy atom. The summed E-state index contributed by atoms with van der Waals surface area (Å²) >= 11 is 0. The van der Waals surface area contributed by atoms with Gasteiger partial charge in [0, 0.05) is 16.7 Å². The van der Waals surface area contributed by atoms with Crippen molar-refractivity contribution in [1.29, 1.82) is 0 Å². The van der Waals surface area contributed by atoms with Crippen LogP contribution >= 0.6 is 0 Å². The molecular formula is C28H18N2O3. The summed E-state index contributed by atoms with van der Waals surface area (Å²) in [6, 6.07) is 31.3. The molecule has 0 amide bonds. The second-order valence-electron chi connectivity index (χ2n) is 7.43. The van der Waals surface area contributed by atoms with E-state index in [1.807, 2.05) is 60.7 Å². The summed E-state index contributed by atoms with van der Waals surface area (Å²) in [6.45, 7) is 0. The van der Waals surface area contributed by atoms with Gasteiger partial charge in [0.2, 0.25) is 0 Å². The second kappa shape index (κ2) is 8.85. The lowest BCUT2D eigenvalue weighted by atomic mass is 10.0. The van der Waals surface area contributed by atoms with Crippen LogP contribution in [0.5, 0.6) is 5.75 Å². The zero-order valence-corrected chi connectivity index (χ0v) is 17.5. The first kappa shape index (κ1) is 20.3. The highest BCUT2D eigenvalue weighted by molar-refractivity contribution is 5.96. The van der Waals surface area contributed by atoms with Gasteiger partial charge < -0.3 is 4.74 Å². The molecule has 5 nitrogen and oxygen atoms in total. The number of rotatable bonds is 5. The van der Waals surface area contributed by atoms with Gasteiger partial charge in [-0.1, -0.05) is 60.7 Å². The van der Waals surface area contributed by atoms with Gasteiger partial charge in [-0.3, -0.25) is 4.79 Å². The molecule has 4 aromatic carbocycles. The molecule has 0 saturated heterocycles. The van der Waals surface area contributed by atoms with E-state index in [1.54, 1.807) is 42.5 Å². The molecule has 0 aliphatic heterocycles. The molecule has 0 aliphatic rings. The van der Waals surface area contributed by atoms with E-state index < -0.39 is 5.97 Å². The predicted molar refractivity (Wildman–Crippen MR) is 127 cm³/mol. The van der Waals surface area contributed by atoms with E-state index >= 15 is 0 Å². The number of carbonyl (C=O) groups excluding carboxylic acids is 2. The number of esters is 1. The number of carbonyl (C=O) groups is 2. The number of hydrogen-bond donors (Lipinski definition) is 0. The molecule has 0 spiro atoms. The molecule has 5 heteroatoms. The zero-order valence-electron chi connectivity index (χ0n) is 17.5. The highest BCUT2D eigenvalue weighted by Gasteiger charge is 2.15. The summed E-state index contributed by atoms with van der Waals surface area (Å²) < 4.78 is 5.45. The minimum absolute atomic E-state index is 0.362. The van der Waals surface area contributed by atoms with Gasteiger partial charge in [-0.25, -0.2) is 14.8 Å². The molecule has 1 heterocycles. The van der Waals surface area contributed by atoms with Crippen LogP contribution in [0, 0.1) is 0 Å². The van der Waals surface area contributed by atoms with E-state index in [9.17, 15) is 9.59 Å². The lowest BCUT2D eigenvalue weighted by molar-refractivity contribution is 0.0735. The van der Waals surface area contributed by atoms with Crippen LogP contribution in [-0.4, -0.2) is 22.2 Å². The monoisotopic (exact) mass is 430 g/mol. The van der Waals surface area contributed by atoms with Crippen molar-refractivity contribution in [2.24, 2.45) is 0 Å². The number of aromatic nitrogens is 2. The van der Waals surface area contributed by atoms with Gasteiger partial charge in [0.25, 0.3) is 0 Å². The summed E-state index contributed by atoms with van der Waals surface area (Å²) in [5.74, 6) is -0.146. The molecule has 0 saturated carbocycles. The second-order valence-corrected chi connectivity index (χ2v) is 7.43. The lowest BCUT2D eigenvalue weighted by Crippen LogP contribution is -2.09. The Hall–Kier alpha value is -4.64. The smallest absolute Gasteiger partial charge is 0.343 e. The fourth-order valence-electron chi connectivity index (χ4n) is 3.56. The van der Waals surface area contributed by atoms with Crippen molar-refractivity contribution in [2.75, 3.05) is 0 Å². The molecule has 33 heavy (non-hydrogen) atoms. The topological polar surface area (TPSA) is 69.2 Å². The Balaban J connectivity index is 1.56. The fourth-order valence-corrected chi connectivity index (χ4v) is 3.56. The van der Waals surface area contributed by atoms with E-state index in [4.69, 9.17) is 14.7 Å². The normalized spacial score (nSPS) is 10.7. The average molecular weight is 430 g/mol. The molecular weight excluding hydrogens is 412 g/mol. The number of hydrogen-bond acceptors (Lipinski definition) is 5. The van der Waals surface area contributed by atoms with Gasteiger partial charge in [0.15, 0.2) is 0 Å². The Bertz CT molecular complexity index is 1450. The van der Waals surface area contributed by atoms with Crippen LogP contribution in [0.3, 0.4) is 0 Å². The Morgan fingerprint density at radius 2 is 1.24 bits per heavy atom. The molecule has 0 radical (unpaired) electrons. The van der Waals surface area contributed by atoms with Crippen molar-refractivity contribution >= 4 is 23.3 Å². The lowest BCUT2D eigenvalue weighted by Gasteiger charge is -2.11. The summed E-state index contributed by atoms with van der Waals surface area (Å²) in [7, 11) is 0. The van der Waals surface area contributed by atoms with E-state index in [1.165, 1.54) is 0 Å². The van der Waals surface area contributed by atoms with Gasteiger partial charge in [-0.2, -0.15) is 0 Å². The molecule has 0 unspecified atom stereocenters. The predicted octanol–water partition coefficient (Wildman–Crippen LogP) is 6.00. The van der Waals surface area contributed by atoms with Gasteiger partial charge in [-0.15, -0.1) is 0 Å². The van der Waals surface area contributed by atoms with E-state index in [0.717, 1.165) is 28.8 Å². The van der Waals surface area contributed by atoms with Crippen LogP contribution in [0.1, 0.15) is 20.7 Å². The van der Waals surface area contributed by atoms with Gasteiger partial charge >= 0.3 is 5.97 Å². The van der Waals surface area contributed by atoms with E-state index in [2.05, 4.69) is 0 Å². The fraction of sp³-hybridized carbons (Fsp3) is 0. The van der Waals surface area contributed by atoms with Crippen LogP contribution in [-0.2, 0) is 0 Å². The number of benzene rings is 4. The third-order valence-electron chi connectivity index (χ3n) is 5.22. The van der Waals surface area contributed by atoms with E-state index in [-0.39, 0.29) is 0 Å². The van der Waals surface area contributed by atoms with Crippen molar-refractivity contribution in [1.82, 2.24) is 9.97 Å². The van der Waals surface area contributed by atoms with Crippen LogP contribution in [0.2, 0.25) is 0 Å². The molecule has 5 aromatic rings. The summed E-state index contributed by atoms with van der Waals surface area (Å²) in [6.07, 6.45) is 0.738. The van der Waals surface area contributed by atoms with Gasteiger partial charge in [0.05, 0.1) is 28.0 Å². The van der Waals surface area contributed by atoms with Gasteiger partial charge in [-0.05, 0) is 42.5 Å². The maximum atomic E-state index is 12.7. The minimum Gasteiger partial charge on any atom is -0.423 e. The largest absolute Gasteiger partial charge is 0.423 e. The molecule has 0 aliphatic carbocycles. The molecule has 0 fully saturated rings. The molecule has 0 bridgehead atoms. The van der Waals surface area contributed by atoms with Crippen LogP contribution in [0.4, 0.5) is 0 Å². The van der Waals surface area contributed by atoms with Crippen LogP contribution in [0.15, 0.2) is 103 Å². The minimum atomic E-state index is -0.508. The van der Waals surface area contributed by atoms with Crippen molar-refractivity contribution in [3.63, 3.8) is 0 Å².